The maximum atomic E-state index is 5.69. The van der Waals surface area contributed by atoms with Crippen molar-refractivity contribution in [2.75, 3.05) is 14.1 Å². The van der Waals surface area contributed by atoms with Crippen LogP contribution in [-0.2, 0) is 0 Å². The number of halogens is 1. The van der Waals surface area contributed by atoms with Crippen molar-refractivity contribution in [3.8, 4) is 0 Å². The smallest absolute Gasteiger partial charge is 0.153 e. The summed E-state index contributed by atoms with van der Waals surface area (Å²) in [7, 11) is 3.77. The van der Waals surface area contributed by atoms with Gasteiger partial charge >= 0.3 is 0 Å². The third-order valence-corrected chi connectivity index (χ3v) is 1.41. The van der Waals surface area contributed by atoms with Gasteiger partial charge in [0.1, 0.15) is 0 Å². The summed E-state index contributed by atoms with van der Waals surface area (Å²) in [6.07, 6.45) is 0. The fourth-order valence-corrected chi connectivity index (χ4v) is 0.382. The van der Waals surface area contributed by atoms with Crippen molar-refractivity contribution in [2.45, 2.75) is 6.92 Å². The van der Waals surface area contributed by atoms with Gasteiger partial charge in [-0.1, -0.05) is 18.2 Å². The molecule has 0 aliphatic rings. The molecule has 0 fully saturated rings. The van der Waals surface area contributed by atoms with Gasteiger partial charge in [0.2, 0.25) is 0 Å². The molecule has 0 N–H and O–H groups in total. The Bertz CT molecular complexity index is 88.5. The fourth-order valence-electron chi connectivity index (χ4n) is 0.382. The van der Waals surface area contributed by atoms with Gasteiger partial charge in [-0.05, 0) is 26.6 Å². The normalized spacial score (nSPS) is 10.8. The molecule has 0 amide bonds. The average molecular weight is 133 g/mol. The van der Waals surface area contributed by atoms with E-state index < -0.39 is 0 Å². The van der Waals surface area contributed by atoms with E-state index in [-0.39, 0.29) is 0 Å². The van der Waals surface area contributed by atoms with Crippen molar-refractivity contribution < 1.29 is 0 Å². The van der Waals surface area contributed by atoms with Gasteiger partial charge in [-0.15, -0.1) is 0 Å². The highest BCUT2D eigenvalue weighted by atomic mass is 35.5. The maximum Gasteiger partial charge on any atom is 0.153 e. The molecule has 0 unspecified atom stereocenters. The Hall–Kier alpha value is -0.0100. The lowest BCUT2D eigenvalue weighted by Gasteiger charge is -2.14. The lowest BCUT2D eigenvalue weighted by atomic mass is 10.3. The minimum Gasteiger partial charge on any atom is -0.285 e. The van der Waals surface area contributed by atoms with Gasteiger partial charge in [-0.3, -0.25) is 4.90 Å². The highest BCUT2D eigenvalue weighted by Crippen LogP contribution is 2.17. The van der Waals surface area contributed by atoms with E-state index in [9.17, 15) is 0 Å². The molecular weight excluding hydrogens is 122 g/mol. The average Bonchev–Trinajstić information content (AvgIpc) is 1.64. The van der Waals surface area contributed by atoms with E-state index in [4.69, 9.17) is 11.6 Å². The summed E-state index contributed by atoms with van der Waals surface area (Å²) in [6, 6.07) is 0. The predicted molar refractivity (Wildman–Crippen MR) is 37.6 cm³/mol. The third-order valence-electron chi connectivity index (χ3n) is 0.745. The molecular formula is C6H11ClN. The molecule has 1 nitrogen and oxygen atoms in total. The first-order valence-corrected chi connectivity index (χ1v) is 2.79. The molecule has 0 heterocycles. The predicted octanol–water partition coefficient (Wildman–Crippen LogP) is 1.85. The molecule has 0 aromatic rings. The molecule has 0 atom stereocenters. The molecule has 0 aromatic heterocycles. The lowest BCUT2D eigenvalue weighted by Crippen LogP contribution is -2.14. The second-order valence-corrected chi connectivity index (χ2v) is 2.32. The summed E-state index contributed by atoms with van der Waals surface area (Å²) in [5.41, 5.74) is 1.61. The van der Waals surface area contributed by atoms with Gasteiger partial charge < -0.3 is 0 Å². The Balaban J connectivity index is 3.64. The first-order valence-electron chi connectivity index (χ1n) is 2.41. The van der Waals surface area contributed by atoms with Gasteiger partial charge in [0.05, 0.1) is 0 Å². The van der Waals surface area contributed by atoms with Crippen LogP contribution in [0.15, 0.2) is 12.2 Å². The molecule has 0 spiro atoms. The van der Waals surface area contributed by atoms with Crippen molar-refractivity contribution >= 4 is 11.6 Å². The van der Waals surface area contributed by atoms with Crippen molar-refractivity contribution in [3.63, 3.8) is 0 Å². The van der Waals surface area contributed by atoms with Gasteiger partial charge in [-0.25, -0.2) is 0 Å². The Morgan fingerprint density at radius 1 is 1.50 bits per heavy atom. The first kappa shape index (κ1) is 7.99. The zero-order chi connectivity index (χ0) is 6.73. The first-order chi connectivity index (χ1) is 3.55. The molecule has 0 saturated heterocycles. The monoisotopic (exact) mass is 132 g/mol. The Kier molecular flexibility index (Phi) is 3.10. The van der Waals surface area contributed by atoms with Crippen molar-refractivity contribution in [3.05, 3.63) is 17.7 Å². The Morgan fingerprint density at radius 2 is 1.88 bits per heavy atom. The molecule has 0 rings (SSSR count). The molecule has 0 aliphatic heterocycles. The van der Waals surface area contributed by atoms with Crippen LogP contribution in [0.3, 0.4) is 0 Å². The van der Waals surface area contributed by atoms with Crippen LogP contribution in [0.5, 0.6) is 0 Å². The van der Waals surface area contributed by atoms with Gasteiger partial charge in [0.15, 0.2) is 5.50 Å². The zero-order valence-corrected chi connectivity index (χ0v) is 6.29. The maximum absolute atomic E-state index is 5.69. The standard InChI is InChI=1S/C6H11ClN/c1-5(2)6(7)8(3)4/h1H2,2-4H3. The van der Waals surface area contributed by atoms with Crippen molar-refractivity contribution in [1.29, 1.82) is 0 Å². The summed E-state index contributed by atoms with van der Waals surface area (Å²) in [5, 5.41) is 0. The summed E-state index contributed by atoms with van der Waals surface area (Å²) >= 11 is 5.69. The second kappa shape index (κ2) is 3.10. The molecule has 0 bridgehead atoms. The topological polar surface area (TPSA) is 3.24 Å². The number of likely N-dealkylation sites (N-methyl/N-ethyl adjacent to an activating group) is 1. The number of nitrogens with zero attached hydrogens (tertiary/aromatic N) is 1. The lowest BCUT2D eigenvalue weighted by molar-refractivity contribution is 0.490. The minimum absolute atomic E-state index is 0.713. The SMILES string of the molecule is C=C(C)[C](Cl)N(C)C. The van der Waals surface area contributed by atoms with E-state index in [1.807, 2.05) is 25.9 Å². The molecule has 0 saturated carbocycles. The van der Waals surface area contributed by atoms with E-state index in [1.165, 1.54) is 0 Å². The van der Waals surface area contributed by atoms with E-state index in [0.29, 0.717) is 5.50 Å². The molecule has 0 aromatic carbocycles. The van der Waals surface area contributed by atoms with Crippen LogP contribution in [-0.4, -0.2) is 19.0 Å². The van der Waals surface area contributed by atoms with Crippen LogP contribution in [0.25, 0.3) is 0 Å². The Labute approximate surface area is 55.9 Å². The third kappa shape index (κ3) is 2.34. The van der Waals surface area contributed by atoms with Crippen LogP contribution in [0.1, 0.15) is 6.92 Å². The molecule has 8 heavy (non-hydrogen) atoms. The van der Waals surface area contributed by atoms with Crippen LogP contribution >= 0.6 is 11.6 Å². The quantitative estimate of drug-likeness (QED) is 0.519. The molecule has 2 heteroatoms. The summed E-state index contributed by atoms with van der Waals surface area (Å²) < 4.78 is 0. The zero-order valence-electron chi connectivity index (χ0n) is 5.53. The Morgan fingerprint density at radius 3 is 1.88 bits per heavy atom. The van der Waals surface area contributed by atoms with Crippen LogP contribution in [0, 0.1) is 5.50 Å². The van der Waals surface area contributed by atoms with Crippen LogP contribution in [0.2, 0.25) is 0 Å². The number of rotatable bonds is 2. The van der Waals surface area contributed by atoms with Gasteiger partial charge in [-0.2, -0.15) is 0 Å². The summed E-state index contributed by atoms with van der Waals surface area (Å²) in [5.74, 6) is 0. The highest BCUT2D eigenvalue weighted by molar-refractivity contribution is 6.28. The fraction of sp³-hybridized carbons (Fsp3) is 0.500. The molecule has 1 radical (unpaired) electrons. The highest BCUT2D eigenvalue weighted by Gasteiger charge is 2.06. The number of hydrogen-bond acceptors (Lipinski definition) is 1. The molecule has 0 aliphatic carbocycles. The van der Waals surface area contributed by atoms with E-state index in [1.54, 1.807) is 0 Å². The minimum atomic E-state index is 0.713. The summed E-state index contributed by atoms with van der Waals surface area (Å²) in [6.45, 7) is 5.54. The van der Waals surface area contributed by atoms with E-state index in [0.717, 1.165) is 5.57 Å². The largest absolute Gasteiger partial charge is 0.285 e. The van der Waals surface area contributed by atoms with Crippen LogP contribution < -0.4 is 0 Å². The van der Waals surface area contributed by atoms with E-state index in [2.05, 4.69) is 6.58 Å². The van der Waals surface area contributed by atoms with Gasteiger partial charge in [0, 0.05) is 0 Å². The van der Waals surface area contributed by atoms with E-state index >= 15 is 0 Å². The van der Waals surface area contributed by atoms with Crippen molar-refractivity contribution in [2.24, 2.45) is 0 Å². The number of hydrogen-bond donors (Lipinski definition) is 0. The van der Waals surface area contributed by atoms with Gasteiger partial charge in [0.25, 0.3) is 0 Å². The van der Waals surface area contributed by atoms with Crippen molar-refractivity contribution in [1.82, 2.24) is 4.90 Å². The second-order valence-electron chi connectivity index (χ2n) is 1.97. The van der Waals surface area contributed by atoms with Crippen LogP contribution in [0.4, 0.5) is 0 Å². The summed E-state index contributed by atoms with van der Waals surface area (Å²) in [4.78, 5) is 1.82. The molecule has 47 valence electrons.